The molecule has 3 heterocycles. The Kier molecular flexibility index (Phi) is 4.83. The molecule has 2 aromatic carbocycles. The molecule has 1 amide bonds. The van der Waals surface area contributed by atoms with Crippen LogP contribution in [0, 0.1) is 0 Å². The number of hydrogen-bond donors (Lipinski definition) is 1. The van der Waals surface area contributed by atoms with Crippen molar-refractivity contribution >= 4 is 23.4 Å². The number of thioether (sulfide) groups is 1. The third kappa shape index (κ3) is 3.73. The molecule has 0 radical (unpaired) electrons. The number of amides is 1. The summed E-state index contributed by atoms with van der Waals surface area (Å²) in [6.45, 7) is 2.96. The predicted molar refractivity (Wildman–Crippen MR) is 107 cm³/mol. The van der Waals surface area contributed by atoms with E-state index in [1.165, 1.54) is 11.8 Å². The summed E-state index contributed by atoms with van der Waals surface area (Å²) in [5.74, 6) is 2.74. The maximum absolute atomic E-state index is 12.6. The van der Waals surface area contributed by atoms with Crippen LogP contribution in [0.15, 0.2) is 46.0 Å². The van der Waals surface area contributed by atoms with Crippen molar-refractivity contribution in [1.29, 1.82) is 0 Å². The summed E-state index contributed by atoms with van der Waals surface area (Å²) in [5.41, 5.74) is 1.34. The fraction of sp³-hybridized carbons (Fsp3) is 0.250. The number of carbonyl (C=O) groups is 1. The van der Waals surface area contributed by atoms with Crippen molar-refractivity contribution in [2.45, 2.75) is 17.4 Å². The zero-order valence-electron chi connectivity index (χ0n) is 15.9. The summed E-state index contributed by atoms with van der Waals surface area (Å²) >= 11 is 1.18. The lowest BCUT2D eigenvalue weighted by molar-refractivity contribution is -0.115. The van der Waals surface area contributed by atoms with Gasteiger partial charge in [0.25, 0.3) is 5.22 Å². The van der Waals surface area contributed by atoms with Gasteiger partial charge in [-0.3, -0.25) is 4.79 Å². The van der Waals surface area contributed by atoms with Gasteiger partial charge in [-0.25, -0.2) is 0 Å². The summed E-state index contributed by atoms with van der Waals surface area (Å²) in [6, 6.07) is 10.7. The lowest BCUT2D eigenvalue weighted by Crippen LogP contribution is -2.22. The second kappa shape index (κ2) is 7.79. The third-order valence-electron chi connectivity index (χ3n) is 4.48. The van der Waals surface area contributed by atoms with Gasteiger partial charge in [-0.05, 0) is 37.3 Å². The quantitative estimate of drug-likeness (QED) is 0.614. The van der Waals surface area contributed by atoms with Crippen LogP contribution in [0.25, 0.3) is 11.5 Å². The summed E-state index contributed by atoms with van der Waals surface area (Å²) in [4.78, 5) is 12.6. The first-order valence-electron chi connectivity index (χ1n) is 9.26. The summed E-state index contributed by atoms with van der Waals surface area (Å²) in [6.07, 6.45) is 0. The summed E-state index contributed by atoms with van der Waals surface area (Å²) < 4.78 is 27.4. The SMILES string of the molecule is CC(Sc1nnc(-c2ccc3c(c2)OCO3)o1)C(=O)Nc1ccc2c(c1)OCCO2. The fourth-order valence-electron chi connectivity index (χ4n) is 2.97. The molecule has 0 spiro atoms. The molecule has 2 aliphatic rings. The zero-order chi connectivity index (χ0) is 20.5. The minimum atomic E-state index is -0.455. The van der Waals surface area contributed by atoms with Crippen molar-refractivity contribution in [2.75, 3.05) is 25.3 Å². The maximum atomic E-state index is 12.6. The van der Waals surface area contributed by atoms with E-state index < -0.39 is 5.25 Å². The molecule has 0 saturated heterocycles. The van der Waals surface area contributed by atoms with Gasteiger partial charge in [0.1, 0.15) is 13.2 Å². The average Bonchev–Trinajstić information content (AvgIpc) is 3.42. The molecular formula is C20H17N3O6S. The van der Waals surface area contributed by atoms with E-state index in [1.54, 1.807) is 37.3 Å². The molecule has 154 valence electrons. The van der Waals surface area contributed by atoms with Crippen LogP contribution in [0.1, 0.15) is 6.92 Å². The first-order chi connectivity index (χ1) is 14.7. The number of carbonyl (C=O) groups excluding carboxylic acids is 1. The van der Waals surface area contributed by atoms with E-state index in [0.29, 0.717) is 58.6 Å². The van der Waals surface area contributed by atoms with Gasteiger partial charge in [-0.2, -0.15) is 0 Å². The smallest absolute Gasteiger partial charge is 0.277 e. The Labute approximate surface area is 175 Å². The molecule has 3 aromatic rings. The zero-order valence-corrected chi connectivity index (χ0v) is 16.7. The van der Waals surface area contributed by atoms with E-state index in [2.05, 4.69) is 15.5 Å². The van der Waals surface area contributed by atoms with Crippen molar-refractivity contribution in [2.24, 2.45) is 0 Å². The number of anilines is 1. The molecule has 0 aliphatic carbocycles. The highest BCUT2D eigenvalue weighted by Crippen LogP contribution is 2.36. The van der Waals surface area contributed by atoms with Gasteiger partial charge < -0.3 is 28.7 Å². The van der Waals surface area contributed by atoms with Crippen molar-refractivity contribution < 1.29 is 28.2 Å². The fourth-order valence-corrected chi connectivity index (χ4v) is 3.66. The number of benzene rings is 2. The molecule has 0 bridgehead atoms. The standard InChI is InChI=1S/C20H17N3O6S/c1-11(18(24)21-13-3-5-14-17(9-13)26-7-6-25-14)30-20-23-22-19(29-20)12-2-4-15-16(8-12)28-10-27-15/h2-5,8-9,11H,6-7,10H2,1H3,(H,21,24). The van der Waals surface area contributed by atoms with Crippen LogP contribution < -0.4 is 24.3 Å². The molecule has 1 aromatic heterocycles. The largest absolute Gasteiger partial charge is 0.486 e. The van der Waals surface area contributed by atoms with E-state index >= 15 is 0 Å². The Bertz CT molecular complexity index is 1100. The average molecular weight is 427 g/mol. The van der Waals surface area contributed by atoms with Crippen molar-refractivity contribution in [3.05, 3.63) is 36.4 Å². The van der Waals surface area contributed by atoms with Crippen molar-refractivity contribution in [3.8, 4) is 34.5 Å². The summed E-state index contributed by atoms with van der Waals surface area (Å²) in [7, 11) is 0. The molecule has 1 atom stereocenters. The Morgan fingerprint density at radius 3 is 2.60 bits per heavy atom. The third-order valence-corrected chi connectivity index (χ3v) is 5.42. The highest BCUT2D eigenvalue weighted by molar-refractivity contribution is 8.00. The van der Waals surface area contributed by atoms with Crippen LogP contribution in [-0.4, -0.2) is 41.4 Å². The van der Waals surface area contributed by atoms with Gasteiger partial charge >= 0.3 is 0 Å². The Balaban J connectivity index is 1.23. The van der Waals surface area contributed by atoms with Crippen LogP contribution in [0.2, 0.25) is 0 Å². The first-order valence-corrected chi connectivity index (χ1v) is 10.1. The molecule has 1 N–H and O–H groups in total. The van der Waals surface area contributed by atoms with Crippen LogP contribution >= 0.6 is 11.8 Å². The number of nitrogens with zero attached hydrogens (tertiary/aromatic N) is 2. The maximum Gasteiger partial charge on any atom is 0.277 e. The van der Waals surface area contributed by atoms with Gasteiger partial charge in [-0.15, -0.1) is 10.2 Å². The van der Waals surface area contributed by atoms with Gasteiger partial charge in [0.2, 0.25) is 18.6 Å². The molecule has 0 fully saturated rings. The normalized spacial score (nSPS) is 15.0. The highest BCUT2D eigenvalue weighted by atomic mass is 32.2. The lowest BCUT2D eigenvalue weighted by Gasteiger charge is -2.19. The molecule has 5 rings (SSSR count). The number of nitrogens with one attached hydrogen (secondary N) is 1. The Morgan fingerprint density at radius 1 is 0.967 bits per heavy atom. The van der Waals surface area contributed by atoms with Crippen LogP contribution in [0.4, 0.5) is 5.69 Å². The summed E-state index contributed by atoms with van der Waals surface area (Å²) in [5, 5.41) is 10.8. The Hall–Kier alpha value is -3.40. The van der Waals surface area contributed by atoms with E-state index in [4.69, 9.17) is 23.4 Å². The van der Waals surface area contributed by atoms with E-state index in [0.717, 1.165) is 0 Å². The monoisotopic (exact) mass is 427 g/mol. The number of hydrogen-bond acceptors (Lipinski definition) is 9. The number of ether oxygens (including phenoxy) is 4. The van der Waals surface area contributed by atoms with E-state index in [1.807, 2.05) is 6.07 Å². The van der Waals surface area contributed by atoms with Gasteiger partial charge in [0, 0.05) is 17.3 Å². The molecule has 10 heteroatoms. The predicted octanol–water partition coefficient (Wildman–Crippen LogP) is 3.36. The minimum absolute atomic E-state index is 0.194. The number of fused-ring (bicyclic) bond motifs is 2. The van der Waals surface area contributed by atoms with Crippen LogP contribution in [-0.2, 0) is 4.79 Å². The van der Waals surface area contributed by atoms with E-state index in [-0.39, 0.29) is 12.7 Å². The molecular weight excluding hydrogens is 410 g/mol. The minimum Gasteiger partial charge on any atom is -0.486 e. The van der Waals surface area contributed by atoms with Crippen molar-refractivity contribution in [1.82, 2.24) is 10.2 Å². The second-order valence-electron chi connectivity index (χ2n) is 6.55. The Morgan fingerprint density at radius 2 is 1.70 bits per heavy atom. The van der Waals surface area contributed by atoms with Gasteiger partial charge in [0.05, 0.1) is 5.25 Å². The van der Waals surface area contributed by atoms with Gasteiger partial charge in [-0.1, -0.05) is 11.8 Å². The molecule has 9 nitrogen and oxygen atoms in total. The lowest BCUT2D eigenvalue weighted by atomic mass is 10.2. The van der Waals surface area contributed by atoms with Crippen molar-refractivity contribution in [3.63, 3.8) is 0 Å². The number of rotatable bonds is 5. The highest BCUT2D eigenvalue weighted by Gasteiger charge is 2.21. The molecule has 1 unspecified atom stereocenters. The van der Waals surface area contributed by atoms with Gasteiger partial charge in [0.15, 0.2) is 23.0 Å². The molecule has 30 heavy (non-hydrogen) atoms. The molecule has 0 saturated carbocycles. The first kappa shape index (κ1) is 18.6. The van der Waals surface area contributed by atoms with Crippen LogP contribution in [0.5, 0.6) is 23.0 Å². The number of aromatic nitrogens is 2. The second-order valence-corrected chi connectivity index (χ2v) is 7.84. The molecule has 2 aliphatic heterocycles. The van der Waals surface area contributed by atoms with E-state index in [9.17, 15) is 4.79 Å². The topological polar surface area (TPSA) is 105 Å². The van der Waals surface area contributed by atoms with Crippen LogP contribution in [0.3, 0.4) is 0 Å².